The Morgan fingerprint density at radius 2 is 2.32 bits per heavy atom. The highest BCUT2D eigenvalue weighted by atomic mass is 35.5. The van der Waals surface area contributed by atoms with Crippen LogP contribution in [0, 0.1) is 0 Å². The Bertz CT molecular complexity index is 581. The predicted molar refractivity (Wildman–Crippen MR) is 71.2 cm³/mol. The zero-order chi connectivity index (χ0) is 13.2. The number of benzene rings is 1. The predicted octanol–water partition coefficient (Wildman–Crippen LogP) is 2.65. The van der Waals surface area contributed by atoms with Crippen LogP contribution in [0.15, 0.2) is 22.7 Å². The smallest absolute Gasteiger partial charge is 0.261 e. The molecular weight excluding hydrogens is 266 g/mol. The number of aromatic nitrogens is 2. The first-order valence-electron chi connectivity index (χ1n) is 6.16. The number of halogens is 1. The molecule has 3 rings (SSSR count). The van der Waals surface area contributed by atoms with E-state index in [9.17, 15) is 0 Å². The monoisotopic (exact) mass is 279 g/mol. The summed E-state index contributed by atoms with van der Waals surface area (Å²) >= 11 is 5.92. The standard InChI is InChI=1S/C13H14ClN3O2/c1-18-11-6-8(14)2-5-10(11)13-16-12(17-19-13)7-15-9-3-4-9/h2,5-6,9,15H,3-4,7H2,1H3. The van der Waals surface area contributed by atoms with Gasteiger partial charge in [0.2, 0.25) is 0 Å². The van der Waals surface area contributed by atoms with Crippen molar-refractivity contribution in [1.29, 1.82) is 0 Å². The number of nitrogens with one attached hydrogen (secondary N) is 1. The molecule has 19 heavy (non-hydrogen) atoms. The zero-order valence-corrected chi connectivity index (χ0v) is 11.3. The van der Waals surface area contributed by atoms with E-state index in [0.717, 1.165) is 5.56 Å². The van der Waals surface area contributed by atoms with Gasteiger partial charge >= 0.3 is 0 Å². The van der Waals surface area contributed by atoms with Crippen LogP contribution in [-0.2, 0) is 6.54 Å². The van der Waals surface area contributed by atoms with Crippen molar-refractivity contribution >= 4 is 11.6 Å². The lowest BCUT2D eigenvalue weighted by Gasteiger charge is -2.04. The Morgan fingerprint density at radius 1 is 1.47 bits per heavy atom. The lowest BCUT2D eigenvalue weighted by Crippen LogP contribution is -2.16. The first kappa shape index (κ1) is 12.4. The number of hydrogen-bond donors (Lipinski definition) is 1. The summed E-state index contributed by atoms with van der Waals surface area (Å²) in [4.78, 5) is 4.36. The molecular formula is C13H14ClN3O2. The second-order valence-corrected chi connectivity index (χ2v) is 4.95. The zero-order valence-electron chi connectivity index (χ0n) is 10.5. The van der Waals surface area contributed by atoms with Gasteiger partial charge in [0.05, 0.1) is 19.2 Å². The lowest BCUT2D eigenvalue weighted by molar-refractivity contribution is 0.401. The molecule has 0 aliphatic heterocycles. The molecule has 0 radical (unpaired) electrons. The first-order valence-corrected chi connectivity index (χ1v) is 6.54. The van der Waals surface area contributed by atoms with E-state index in [1.807, 2.05) is 6.07 Å². The van der Waals surface area contributed by atoms with Gasteiger partial charge in [0.15, 0.2) is 5.82 Å². The van der Waals surface area contributed by atoms with Crippen molar-refractivity contribution in [3.05, 3.63) is 29.0 Å². The van der Waals surface area contributed by atoms with Gasteiger partial charge in [0.25, 0.3) is 5.89 Å². The summed E-state index contributed by atoms with van der Waals surface area (Å²) in [5.41, 5.74) is 0.747. The van der Waals surface area contributed by atoms with Crippen molar-refractivity contribution in [1.82, 2.24) is 15.5 Å². The third-order valence-corrected chi connectivity index (χ3v) is 3.22. The van der Waals surface area contributed by atoms with E-state index in [-0.39, 0.29) is 0 Å². The maximum atomic E-state index is 5.92. The Morgan fingerprint density at radius 3 is 3.05 bits per heavy atom. The van der Waals surface area contributed by atoms with Crippen molar-refractivity contribution < 1.29 is 9.26 Å². The Hall–Kier alpha value is -1.59. The molecule has 2 aromatic rings. The van der Waals surface area contributed by atoms with Gasteiger partial charge in [-0.25, -0.2) is 0 Å². The van der Waals surface area contributed by atoms with Crippen molar-refractivity contribution in [2.45, 2.75) is 25.4 Å². The van der Waals surface area contributed by atoms with Gasteiger partial charge in [-0.1, -0.05) is 16.8 Å². The summed E-state index contributed by atoms with van der Waals surface area (Å²) in [6, 6.07) is 5.92. The summed E-state index contributed by atoms with van der Waals surface area (Å²) in [7, 11) is 1.58. The van der Waals surface area contributed by atoms with Crippen LogP contribution in [0.2, 0.25) is 5.02 Å². The molecule has 1 fully saturated rings. The number of rotatable bonds is 5. The molecule has 1 aliphatic carbocycles. The number of ether oxygens (including phenoxy) is 1. The largest absolute Gasteiger partial charge is 0.496 e. The molecule has 0 bridgehead atoms. The molecule has 0 atom stereocenters. The second-order valence-electron chi connectivity index (χ2n) is 4.52. The minimum absolute atomic E-state index is 0.445. The summed E-state index contributed by atoms with van der Waals surface area (Å²) in [6.45, 7) is 0.629. The molecule has 0 saturated heterocycles. The van der Waals surface area contributed by atoms with Crippen LogP contribution in [0.3, 0.4) is 0 Å². The van der Waals surface area contributed by atoms with Crippen molar-refractivity contribution in [3.63, 3.8) is 0 Å². The van der Waals surface area contributed by atoms with Crippen molar-refractivity contribution in [2.75, 3.05) is 7.11 Å². The molecule has 1 aromatic heterocycles. The van der Waals surface area contributed by atoms with Gasteiger partial charge in [0.1, 0.15) is 5.75 Å². The molecule has 0 unspecified atom stereocenters. The highest BCUT2D eigenvalue weighted by Gasteiger charge is 2.21. The molecule has 1 heterocycles. The summed E-state index contributed by atoms with van der Waals surface area (Å²) < 4.78 is 10.5. The van der Waals surface area contributed by atoms with Crippen molar-refractivity contribution in [3.8, 4) is 17.2 Å². The number of hydrogen-bond acceptors (Lipinski definition) is 5. The maximum absolute atomic E-state index is 5.92. The van der Waals surface area contributed by atoms with Crippen LogP contribution in [0.5, 0.6) is 5.75 Å². The van der Waals surface area contributed by atoms with Crippen LogP contribution >= 0.6 is 11.6 Å². The lowest BCUT2D eigenvalue weighted by atomic mass is 10.2. The third kappa shape index (κ3) is 2.88. The minimum Gasteiger partial charge on any atom is -0.496 e. The highest BCUT2D eigenvalue weighted by molar-refractivity contribution is 6.30. The van der Waals surface area contributed by atoms with E-state index in [1.54, 1.807) is 19.2 Å². The molecule has 1 saturated carbocycles. The summed E-state index contributed by atoms with van der Waals surface area (Å²) in [5, 5.41) is 7.90. The fourth-order valence-corrected chi connectivity index (χ4v) is 1.96. The molecule has 1 N–H and O–H groups in total. The Balaban J connectivity index is 1.80. The van der Waals surface area contributed by atoms with Gasteiger partial charge in [-0.2, -0.15) is 4.98 Å². The molecule has 6 heteroatoms. The quantitative estimate of drug-likeness (QED) is 0.912. The van der Waals surface area contributed by atoms with E-state index >= 15 is 0 Å². The number of nitrogens with zero attached hydrogens (tertiary/aromatic N) is 2. The van der Waals surface area contributed by atoms with Gasteiger partial charge in [-0.05, 0) is 31.0 Å². The van der Waals surface area contributed by atoms with E-state index in [4.69, 9.17) is 20.9 Å². The average molecular weight is 280 g/mol. The fraction of sp³-hybridized carbons (Fsp3) is 0.385. The fourth-order valence-electron chi connectivity index (χ4n) is 1.80. The van der Waals surface area contributed by atoms with E-state index < -0.39 is 0 Å². The highest BCUT2D eigenvalue weighted by Crippen LogP contribution is 2.31. The van der Waals surface area contributed by atoms with Gasteiger partial charge in [0, 0.05) is 11.1 Å². The Kier molecular flexibility index (Phi) is 3.40. The number of methoxy groups -OCH3 is 1. The molecule has 1 aliphatic rings. The van der Waals surface area contributed by atoms with Gasteiger partial charge in [-0.15, -0.1) is 0 Å². The Labute approximate surface area is 115 Å². The minimum atomic E-state index is 0.445. The van der Waals surface area contributed by atoms with Crippen molar-refractivity contribution in [2.24, 2.45) is 0 Å². The topological polar surface area (TPSA) is 60.2 Å². The van der Waals surface area contributed by atoms with Crippen LogP contribution in [-0.4, -0.2) is 23.3 Å². The summed E-state index contributed by atoms with van der Waals surface area (Å²) in [5.74, 6) is 1.72. The van der Waals surface area contributed by atoms with Gasteiger partial charge < -0.3 is 14.6 Å². The first-order chi connectivity index (χ1) is 9.26. The van der Waals surface area contributed by atoms with Crippen LogP contribution < -0.4 is 10.1 Å². The van der Waals surface area contributed by atoms with Crippen LogP contribution in [0.25, 0.3) is 11.5 Å². The third-order valence-electron chi connectivity index (χ3n) is 2.99. The second kappa shape index (κ2) is 5.19. The molecule has 0 spiro atoms. The molecule has 5 nitrogen and oxygen atoms in total. The van der Waals surface area contributed by atoms with Gasteiger partial charge in [-0.3, -0.25) is 0 Å². The van der Waals surface area contributed by atoms with E-state index in [1.165, 1.54) is 12.8 Å². The van der Waals surface area contributed by atoms with Crippen LogP contribution in [0.1, 0.15) is 18.7 Å². The van der Waals surface area contributed by atoms with E-state index in [2.05, 4.69) is 15.5 Å². The van der Waals surface area contributed by atoms with E-state index in [0.29, 0.717) is 35.1 Å². The van der Waals surface area contributed by atoms with Crippen LogP contribution in [0.4, 0.5) is 0 Å². The normalized spacial score (nSPS) is 14.6. The summed E-state index contributed by atoms with van der Waals surface area (Å²) in [6.07, 6.45) is 2.46. The maximum Gasteiger partial charge on any atom is 0.261 e. The SMILES string of the molecule is COc1cc(Cl)ccc1-c1nc(CNC2CC2)no1. The molecule has 100 valence electrons. The molecule has 0 amide bonds. The molecule has 1 aromatic carbocycles. The average Bonchev–Trinajstić information content (AvgIpc) is 3.14.